The van der Waals surface area contributed by atoms with Gasteiger partial charge < -0.3 is 5.32 Å². The molecule has 0 saturated heterocycles. The van der Waals surface area contributed by atoms with Gasteiger partial charge >= 0.3 is 0 Å². The number of hydrogen-bond donors (Lipinski definition) is 1. The highest BCUT2D eigenvalue weighted by Gasteiger charge is 2.10. The zero-order valence-electron chi connectivity index (χ0n) is 15.6. The molecular formula is C22H24N4. The van der Waals surface area contributed by atoms with Crippen LogP contribution in [0.5, 0.6) is 0 Å². The van der Waals surface area contributed by atoms with Crippen molar-refractivity contribution in [3.63, 3.8) is 0 Å². The summed E-state index contributed by atoms with van der Waals surface area (Å²) in [5, 5.41) is 3.36. The van der Waals surface area contributed by atoms with Gasteiger partial charge in [0, 0.05) is 12.7 Å². The number of rotatable bonds is 6. The van der Waals surface area contributed by atoms with Gasteiger partial charge in [-0.25, -0.2) is 9.97 Å². The van der Waals surface area contributed by atoms with Crippen LogP contribution in [0.4, 0.5) is 0 Å². The van der Waals surface area contributed by atoms with Crippen molar-refractivity contribution < 1.29 is 0 Å². The minimum Gasteiger partial charge on any atom is -0.380 e. The highest BCUT2D eigenvalue weighted by atomic mass is 15.1. The van der Waals surface area contributed by atoms with E-state index in [0.717, 1.165) is 39.5 Å². The molecule has 2 heterocycles. The molecule has 3 aromatic rings. The predicted molar refractivity (Wildman–Crippen MR) is 109 cm³/mol. The summed E-state index contributed by atoms with van der Waals surface area (Å²) >= 11 is 0. The van der Waals surface area contributed by atoms with Crippen molar-refractivity contribution in [2.24, 2.45) is 0 Å². The monoisotopic (exact) mass is 344 g/mol. The normalized spacial score (nSPS) is 10.7. The molecule has 0 atom stereocenters. The predicted octanol–water partition coefficient (Wildman–Crippen LogP) is 4.86. The van der Waals surface area contributed by atoms with E-state index in [2.05, 4.69) is 59.3 Å². The lowest BCUT2D eigenvalue weighted by Gasteiger charge is -2.12. The van der Waals surface area contributed by atoms with E-state index in [4.69, 9.17) is 0 Å². The smallest absolute Gasteiger partial charge is 0.235 e. The van der Waals surface area contributed by atoms with Gasteiger partial charge in [-0.05, 0) is 43.5 Å². The Balaban J connectivity index is 1.81. The van der Waals surface area contributed by atoms with Gasteiger partial charge in [0.25, 0.3) is 0 Å². The lowest BCUT2D eigenvalue weighted by molar-refractivity contribution is 0.882. The van der Waals surface area contributed by atoms with Crippen molar-refractivity contribution in [3.05, 3.63) is 84.5 Å². The molecule has 26 heavy (non-hydrogen) atoms. The molecular weight excluding hydrogens is 320 g/mol. The van der Waals surface area contributed by atoms with E-state index in [1.165, 1.54) is 5.56 Å². The average Bonchev–Trinajstić information content (AvgIpc) is 2.98. The maximum atomic E-state index is 4.63. The molecule has 0 amide bonds. The van der Waals surface area contributed by atoms with Gasteiger partial charge in [-0.15, -0.1) is 0 Å². The van der Waals surface area contributed by atoms with Crippen LogP contribution in [0.2, 0.25) is 0 Å². The molecule has 0 fully saturated rings. The standard InChI is InChI=1S/C22H24N4/c1-14(2)19-9-7-18(8-10-19)12-23-17(6)20-11-21(15(3)4)26-13-16(5)24-22(26)25-20/h7-11,13,23H,1,3,6,12H2,2,4-5H3. The molecule has 0 bridgehead atoms. The Morgan fingerprint density at radius 3 is 2.35 bits per heavy atom. The second-order valence-corrected chi connectivity index (χ2v) is 6.67. The number of imidazole rings is 1. The number of allylic oxidation sites excluding steroid dienone is 2. The summed E-state index contributed by atoms with van der Waals surface area (Å²) in [7, 11) is 0. The number of nitrogens with zero attached hydrogens (tertiary/aromatic N) is 3. The highest BCUT2D eigenvalue weighted by molar-refractivity contribution is 5.67. The molecule has 0 aliphatic carbocycles. The summed E-state index contributed by atoms with van der Waals surface area (Å²) in [6, 6.07) is 10.4. The molecule has 2 aromatic heterocycles. The number of hydrogen-bond acceptors (Lipinski definition) is 3. The topological polar surface area (TPSA) is 42.2 Å². The van der Waals surface area contributed by atoms with Crippen molar-refractivity contribution in [1.82, 2.24) is 19.7 Å². The molecule has 4 nitrogen and oxygen atoms in total. The van der Waals surface area contributed by atoms with E-state index in [9.17, 15) is 0 Å². The van der Waals surface area contributed by atoms with Crippen molar-refractivity contribution in [1.29, 1.82) is 0 Å². The molecule has 0 radical (unpaired) electrons. The fourth-order valence-electron chi connectivity index (χ4n) is 2.77. The van der Waals surface area contributed by atoms with Gasteiger partial charge in [-0.3, -0.25) is 4.40 Å². The molecule has 0 unspecified atom stereocenters. The molecule has 0 saturated carbocycles. The van der Waals surface area contributed by atoms with E-state index in [0.29, 0.717) is 12.3 Å². The van der Waals surface area contributed by atoms with Gasteiger partial charge in [0.15, 0.2) is 0 Å². The number of aryl methyl sites for hydroxylation is 1. The van der Waals surface area contributed by atoms with Crippen LogP contribution in [-0.2, 0) is 6.54 Å². The molecule has 132 valence electrons. The third-order valence-corrected chi connectivity index (χ3v) is 4.26. The summed E-state index contributed by atoms with van der Waals surface area (Å²) in [6.07, 6.45) is 1.97. The minimum atomic E-state index is 0.659. The Bertz CT molecular complexity index is 1010. The van der Waals surface area contributed by atoms with Crippen LogP contribution in [0.1, 0.15) is 42.1 Å². The van der Waals surface area contributed by atoms with Crippen molar-refractivity contribution >= 4 is 22.6 Å². The lowest BCUT2D eigenvalue weighted by Crippen LogP contribution is -2.13. The molecule has 0 spiro atoms. The molecule has 0 aliphatic rings. The maximum absolute atomic E-state index is 4.63. The SMILES string of the molecule is C=C(C)c1ccc(CNC(=C)c2cc(C(=C)C)n3cc(C)nc3n2)cc1. The van der Waals surface area contributed by atoms with Gasteiger partial charge in [0.2, 0.25) is 5.78 Å². The Kier molecular flexibility index (Phi) is 4.76. The first-order valence-electron chi connectivity index (χ1n) is 8.55. The van der Waals surface area contributed by atoms with Crippen LogP contribution < -0.4 is 5.32 Å². The van der Waals surface area contributed by atoms with Gasteiger partial charge in [-0.1, -0.05) is 49.6 Å². The summed E-state index contributed by atoms with van der Waals surface area (Å²) in [4.78, 5) is 9.10. The number of aromatic nitrogens is 3. The van der Waals surface area contributed by atoms with Crippen LogP contribution in [0.25, 0.3) is 22.6 Å². The number of benzene rings is 1. The van der Waals surface area contributed by atoms with Crippen LogP contribution in [0.3, 0.4) is 0 Å². The fraction of sp³-hybridized carbons (Fsp3) is 0.182. The summed E-state index contributed by atoms with van der Waals surface area (Å²) in [6.45, 7) is 18.8. The third-order valence-electron chi connectivity index (χ3n) is 4.26. The number of fused-ring (bicyclic) bond motifs is 1. The molecule has 3 rings (SSSR count). The zero-order chi connectivity index (χ0) is 18.8. The minimum absolute atomic E-state index is 0.659. The Labute approximate surface area is 154 Å². The van der Waals surface area contributed by atoms with Crippen LogP contribution in [0, 0.1) is 6.92 Å². The van der Waals surface area contributed by atoms with E-state index in [-0.39, 0.29) is 0 Å². The first-order valence-corrected chi connectivity index (χ1v) is 8.55. The van der Waals surface area contributed by atoms with Crippen LogP contribution in [-0.4, -0.2) is 14.4 Å². The lowest BCUT2D eigenvalue weighted by atomic mass is 10.1. The second kappa shape index (κ2) is 7.00. The largest absolute Gasteiger partial charge is 0.380 e. The maximum Gasteiger partial charge on any atom is 0.235 e. The van der Waals surface area contributed by atoms with Crippen LogP contribution >= 0.6 is 0 Å². The van der Waals surface area contributed by atoms with E-state index >= 15 is 0 Å². The van der Waals surface area contributed by atoms with Crippen LogP contribution in [0.15, 0.2) is 56.3 Å². The van der Waals surface area contributed by atoms with Gasteiger partial charge in [0.05, 0.1) is 22.8 Å². The second-order valence-electron chi connectivity index (χ2n) is 6.67. The number of nitrogens with one attached hydrogen (secondary N) is 1. The van der Waals surface area contributed by atoms with E-state index in [1.54, 1.807) is 0 Å². The summed E-state index contributed by atoms with van der Waals surface area (Å²) < 4.78 is 1.96. The van der Waals surface area contributed by atoms with E-state index < -0.39 is 0 Å². The zero-order valence-corrected chi connectivity index (χ0v) is 15.6. The molecule has 1 N–H and O–H groups in total. The highest BCUT2D eigenvalue weighted by Crippen LogP contribution is 2.19. The average molecular weight is 344 g/mol. The van der Waals surface area contributed by atoms with Gasteiger partial charge in [-0.2, -0.15) is 0 Å². The first kappa shape index (κ1) is 17.7. The Morgan fingerprint density at radius 2 is 1.73 bits per heavy atom. The fourth-order valence-corrected chi connectivity index (χ4v) is 2.77. The first-order chi connectivity index (χ1) is 12.3. The molecule has 4 heteroatoms. The quantitative estimate of drug-likeness (QED) is 0.694. The summed E-state index contributed by atoms with van der Waals surface area (Å²) in [5.74, 6) is 0.659. The third kappa shape index (κ3) is 3.59. The van der Waals surface area contributed by atoms with E-state index in [1.807, 2.05) is 37.4 Å². The Hall–Kier alpha value is -3.14. The summed E-state index contributed by atoms with van der Waals surface area (Å²) in [5.41, 5.74) is 7.80. The van der Waals surface area contributed by atoms with Gasteiger partial charge in [0.1, 0.15) is 0 Å². The van der Waals surface area contributed by atoms with Crippen molar-refractivity contribution in [3.8, 4) is 0 Å². The molecule has 0 aliphatic heterocycles. The van der Waals surface area contributed by atoms with Crippen molar-refractivity contribution in [2.45, 2.75) is 27.3 Å². The Morgan fingerprint density at radius 1 is 1.04 bits per heavy atom. The molecule has 1 aromatic carbocycles. The van der Waals surface area contributed by atoms with Crippen molar-refractivity contribution in [2.75, 3.05) is 0 Å².